The molecule has 0 amide bonds. The highest BCUT2D eigenvalue weighted by Crippen LogP contribution is 2.51. The summed E-state index contributed by atoms with van der Waals surface area (Å²) in [5, 5.41) is 0. The maximum Gasteiger partial charge on any atom is -0.0162 e. The lowest BCUT2D eigenvalue weighted by atomic mass is 9.61. The predicted octanol–water partition coefficient (Wildman–Crippen LogP) is 5.93. The average Bonchev–Trinajstić information content (AvgIpc) is 2.49. The summed E-state index contributed by atoms with van der Waals surface area (Å²) in [6, 6.07) is 11.1. The van der Waals surface area contributed by atoms with Crippen molar-refractivity contribution in [1.29, 1.82) is 0 Å². The molecule has 0 N–H and O–H groups in total. The Hall–Kier alpha value is -0.780. The fourth-order valence-corrected chi connectivity index (χ4v) is 4.58. The van der Waals surface area contributed by atoms with E-state index >= 15 is 0 Å². The molecule has 104 valence electrons. The van der Waals surface area contributed by atoms with Crippen molar-refractivity contribution in [2.75, 3.05) is 0 Å². The standard InChI is InChI=1S/C19H28/c1-16(17-8-4-2-5-9-17)18-10-14-19(15-11-18)12-6-3-7-13-19/h2,4-5,8-9,16,18H,3,6-7,10-15H2,1H3. The molecule has 0 aliphatic heterocycles. The molecule has 2 fully saturated rings. The van der Waals surface area contributed by atoms with E-state index in [-0.39, 0.29) is 0 Å². The monoisotopic (exact) mass is 256 g/mol. The summed E-state index contributed by atoms with van der Waals surface area (Å²) in [6.07, 6.45) is 13.5. The van der Waals surface area contributed by atoms with Crippen molar-refractivity contribution in [2.45, 2.75) is 70.6 Å². The van der Waals surface area contributed by atoms with Gasteiger partial charge in [0.05, 0.1) is 0 Å². The smallest absolute Gasteiger partial charge is 0.0162 e. The molecule has 0 nitrogen and oxygen atoms in total. The third kappa shape index (κ3) is 2.88. The molecule has 0 heterocycles. The molecule has 1 spiro atoms. The first-order valence-corrected chi connectivity index (χ1v) is 8.34. The fourth-order valence-electron chi connectivity index (χ4n) is 4.58. The molecule has 1 aromatic carbocycles. The van der Waals surface area contributed by atoms with Gasteiger partial charge in [0.1, 0.15) is 0 Å². The molecule has 2 saturated carbocycles. The second-order valence-corrected chi connectivity index (χ2v) is 7.10. The van der Waals surface area contributed by atoms with Gasteiger partial charge in [0.15, 0.2) is 0 Å². The number of benzene rings is 1. The summed E-state index contributed by atoms with van der Waals surface area (Å²) in [4.78, 5) is 0. The van der Waals surface area contributed by atoms with Crippen molar-refractivity contribution in [1.82, 2.24) is 0 Å². The quantitative estimate of drug-likeness (QED) is 0.615. The van der Waals surface area contributed by atoms with Gasteiger partial charge in [-0.25, -0.2) is 0 Å². The van der Waals surface area contributed by atoms with E-state index in [1.54, 1.807) is 5.56 Å². The zero-order valence-corrected chi connectivity index (χ0v) is 12.4. The van der Waals surface area contributed by atoms with Crippen molar-refractivity contribution in [3.63, 3.8) is 0 Å². The maximum atomic E-state index is 2.44. The lowest BCUT2D eigenvalue weighted by molar-refractivity contribution is 0.0903. The first-order chi connectivity index (χ1) is 9.29. The van der Waals surface area contributed by atoms with Gasteiger partial charge < -0.3 is 0 Å². The number of hydrogen-bond acceptors (Lipinski definition) is 0. The molecule has 0 saturated heterocycles. The van der Waals surface area contributed by atoms with E-state index in [0.717, 1.165) is 17.3 Å². The third-order valence-corrected chi connectivity index (χ3v) is 6.04. The van der Waals surface area contributed by atoms with Gasteiger partial charge >= 0.3 is 0 Å². The van der Waals surface area contributed by atoms with Crippen LogP contribution in [0.25, 0.3) is 0 Å². The molecule has 2 aliphatic rings. The summed E-state index contributed by atoms with van der Waals surface area (Å²) in [5.74, 6) is 1.68. The van der Waals surface area contributed by atoms with E-state index in [1.165, 1.54) is 57.8 Å². The van der Waals surface area contributed by atoms with Gasteiger partial charge in [0, 0.05) is 0 Å². The van der Waals surface area contributed by atoms with Crippen LogP contribution in [-0.2, 0) is 0 Å². The van der Waals surface area contributed by atoms with E-state index in [0.29, 0.717) is 0 Å². The fraction of sp³-hybridized carbons (Fsp3) is 0.684. The van der Waals surface area contributed by atoms with E-state index < -0.39 is 0 Å². The zero-order valence-electron chi connectivity index (χ0n) is 12.4. The minimum atomic E-state index is 0.752. The van der Waals surface area contributed by atoms with Gasteiger partial charge in [-0.05, 0) is 61.3 Å². The van der Waals surface area contributed by atoms with Crippen LogP contribution in [0.3, 0.4) is 0 Å². The Morgan fingerprint density at radius 2 is 1.53 bits per heavy atom. The third-order valence-electron chi connectivity index (χ3n) is 6.04. The molecule has 1 atom stereocenters. The molecule has 2 aliphatic carbocycles. The normalized spacial score (nSPS) is 25.3. The Labute approximate surface area is 118 Å². The van der Waals surface area contributed by atoms with E-state index in [4.69, 9.17) is 0 Å². The Kier molecular flexibility index (Phi) is 3.96. The van der Waals surface area contributed by atoms with Crippen molar-refractivity contribution >= 4 is 0 Å². The van der Waals surface area contributed by atoms with Gasteiger partial charge in [-0.15, -0.1) is 0 Å². The van der Waals surface area contributed by atoms with Crippen LogP contribution in [0.2, 0.25) is 0 Å². The lowest BCUT2D eigenvalue weighted by Gasteiger charge is -2.44. The molecular formula is C19H28. The van der Waals surface area contributed by atoms with E-state index in [9.17, 15) is 0 Å². The summed E-state index contributed by atoms with van der Waals surface area (Å²) < 4.78 is 0. The van der Waals surface area contributed by atoms with Gasteiger partial charge in [0.2, 0.25) is 0 Å². The topological polar surface area (TPSA) is 0 Å². The molecule has 0 heteroatoms. The van der Waals surface area contributed by atoms with Crippen molar-refractivity contribution < 1.29 is 0 Å². The van der Waals surface area contributed by atoms with E-state index in [1.807, 2.05) is 0 Å². The zero-order chi connectivity index (χ0) is 13.1. The van der Waals surface area contributed by atoms with Gasteiger partial charge in [-0.1, -0.05) is 56.5 Å². The molecule has 0 radical (unpaired) electrons. The van der Waals surface area contributed by atoms with Crippen molar-refractivity contribution in [3.8, 4) is 0 Å². The first kappa shape index (κ1) is 13.2. The van der Waals surface area contributed by atoms with Gasteiger partial charge in [-0.2, -0.15) is 0 Å². The number of rotatable bonds is 2. The second kappa shape index (κ2) is 5.69. The number of hydrogen-bond donors (Lipinski definition) is 0. The minimum Gasteiger partial charge on any atom is -0.0622 e. The molecule has 0 bridgehead atoms. The molecule has 3 rings (SSSR count). The Bertz CT molecular complexity index is 376. The molecule has 1 aromatic rings. The SMILES string of the molecule is CC(c1ccccc1)C1CCC2(CCCCC2)CC1. The Morgan fingerprint density at radius 1 is 0.895 bits per heavy atom. The largest absolute Gasteiger partial charge is 0.0622 e. The van der Waals surface area contributed by atoms with Crippen LogP contribution in [0.5, 0.6) is 0 Å². The molecule has 1 unspecified atom stereocenters. The van der Waals surface area contributed by atoms with Crippen LogP contribution < -0.4 is 0 Å². The van der Waals surface area contributed by atoms with Crippen LogP contribution in [0, 0.1) is 11.3 Å². The van der Waals surface area contributed by atoms with Crippen LogP contribution in [-0.4, -0.2) is 0 Å². The van der Waals surface area contributed by atoms with E-state index in [2.05, 4.69) is 37.3 Å². The Balaban J connectivity index is 1.60. The van der Waals surface area contributed by atoms with Gasteiger partial charge in [0.25, 0.3) is 0 Å². The summed E-state index contributed by atoms with van der Waals surface area (Å²) in [5.41, 5.74) is 2.32. The lowest BCUT2D eigenvalue weighted by Crippen LogP contribution is -2.31. The summed E-state index contributed by atoms with van der Waals surface area (Å²) in [7, 11) is 0. The highest BCUT2D eigenvalue weighted by atomic mass is 14.4. The maximum absolute atomic E-state index is 2.44. The first-order valence-electron chi connectivity index (χ1n) is 8.34. The van der Waals surface area contributed by atoms with Crippen LogP contribution >= 0.6 is 0 Å². The highest BCUT2D eigenvalue weighted by molar-refractivity contribution is 5.19. The molecule has 0 aromatic heterocycles. The van der Waals surface area contributed by atoms with Crippen molar-refractivity contribution in [3.05, 3.63) is 35.9 Å². The van der Waals surface area contributed by atoms with Crippen LogP contribution in [0.1, 0.15) is 76.2 Å². The molecular weight excluding hydrogens is 228 g/mol. The van der Waals surface area contributed by atoms with Gasteiger partial charge in [-0.3, -0.25) is 0 Å². The summed E-state index contributed by atoms with van der Waals surface area (Å²) in [6.45, 7) is 2.44. The molecule has 19 heavy (non-hydrogen) atoms. The van der Waals surface area contributed by atoms with Crippen LogP contribution in [0.4, 0.5) is 0 Å². The predicted molar refractivity (Wildman–Crippen MR) is 82.3 cm³/mol. The summed E-state index contributed by atoms with van der Waals surface area (Å²) >= 11 is 0. The second-order valence-electron chi connectivity index (χ2n) is 7.10. The van der Waals surface area contributed by atoms with Crippen molar-refractivity contribution in [2.24, 2.45) is 11.3 Å². The van der Waals surface area contributed by atoms with Crippen LogP contribution in [0.15, 0.2) is 30.3 Å². The minimum absolute atomic E-state index is 0.752. The average molecular weight is 256 g/mol. The Morgan fingerprint density at radius 3 is 2.16 bits per heavy atom. The highest BCUT2D eigenvalue weighted by Gasteiger charge is 2.37.